The van der Waals surface area contributed by atoms with Gasteiger partial charge in [-0.25, -0.2) is 8.78 Å². The maximum Gasteiger partial charge on any atom is 0.194 e. The molecule has 2 nitrogen and oxygen atoms in total. The Morgan fingerprint density at radius 2 is 1.67 bits per heavy atom. The lowest BCUT2D eigenvalue weighted by atomic mass is 10.0. The van der Waals surface area contributed by atoms with Gasteiger partial charge >= 0.3 is 0 Å². The maximum atomic E-state index is 13.2. The minimum absolute atomic E-state index is 0.0510. The normalized spacial score (nSPS) is 10.5. The number of hydrogen-bond acceptors (Lipinski definition) is 2. The van der Waals surface area contributed by atoms with Crippen molar-refractivity contribution >= 4 is 29.0 Å². The van der Waals surface area contributed by atoms with Gasteiger partial charge in [-0.3, -0.25) is 4.79 Å². The Hall–Kier alpha value is -1.65. The van der Waals surface area contributed by atoms with Gasteiger partial charge in [0.15, 0.2) is 5.78 Å². The van der Waals surface area contributed by atoms with Crippen LogP contribution in [-0.2, 0) is 0 Å². The number of carbonyl (C=O) groups excluding carboxylic acids is 1. The second-order valence-corrected chi connectivity index (χ2v) is 5.00. The van der Waals surface area contributed by atoms with Crippen molar-refractivity contribution in [1.29, 1.82) is 0 Å². The first kappa shape index (κ1) is 15.7. The van der Waals surface area contributed by atoms with E-state index in [2.05, 4.69) is 0 Å². The van der Waals surface area contributed by atoms with Crippen molar-refractivity contribution in [3.63, 3.8) is 0 Å². The predicted molar refractivity (Wildman–Crippen MR) is 77.4 cm³/mol. The first-order chi connectivity index (χ1) is 9.92. The smallest absolute Gasteiger partial charge is 0.194 e. The topological polar surface area (TPSA) is 26.3 Å². The minimum atomic E-state index is -0.841. The lowest BCUT2D eigenvalue weighted by molar-refractivity contribution is 0.103. The van der Waals surface area contributed by atoms with Gasteiger partial charge in [-0.2, -0.15) is 0 Å². The molecule has 0 bridgehead atoms. The van der Waals surface area contributed by atoms with Crippen LogP contribution in [0.4, 0.5) is 8.78 Å². The number of hydrogen-bond donors (Lipinski definition) is 0. The molecule has 0 aliphatic rings. The van der Waals surface area contributed by atoms with E-state index in [9.17, 15) is 13.6 Å². The van der Waals surface area contributed by atoms with E-state index in [1.807, 2.05) is 0 Å². The van der Waals surface area contributed by atoms with Gasteiger partial charge in [0.2, 0.25) is 0 Å². The van der Waals surface area contributed by atoms with E-state index < -0.39 is 17.4 Å². The van der Waals surface area contributed by atoms with Crippen LogP contribution in [0, 0.1) is 11.6 Å². The number of benzene rings is 2. The summed E-state index contributed by atoms with van der Waals surface area (Å²) < 4.78 is 31.6. The summed E-state index contributed by atoms with van der Waals surface area (Å²) in [4.78, 5) is 12.3. The fourth-order valence-electron chi connectivity index (χ4n) is 1.81. The third-order valence-corrected chi connectivity index (χ3v) is 3.30. The molecule has 0 spiro atoms. The average Bonchev–Trinajstić information content (AvgIpc) is 2.41. The van der Waals surface area contributed by atoms with Crippen molar-refractivity contribution in [2.75, 3.05) is 6.61 Å². The highest BCUT2D eigenvalue weighted by Gasteiger charge is 2.17. The van der Waals surface area contributed by atoms with Gasteiger partial charge < -0.3 is 4.74 Å². The highest BCUT2D eigenvalue weighted by atomic mass is 35.5. The molecule has 2 aromatic rings. The molecular weight excluding hydrogens is 321 g/mol. The summed E-state index contributed by atoms with van der Waals surface area (Å²) in [5.41, 5.74) is -0.0928. The van der Waals surface area contributed by atoms with E-state index in [0.29, 0.717) is 18.4 Å². The maximum absolute atomic E-state index is 13.2. The molecule has 0 amide bonds. The molecule has 0 radical (unpaired) electrons. The Balaban J connectivity index is 2.46. The average molecular weight is 331 g/mol. The Bertz CT molecular complexity index is 682. The molecule has 21 heavy (non-hydrogen) atoms. The van der Waals surface area contributed by atoms with E-state index in [-0.39, 0.29) is 21.2 Å². The van der Waals surface area contributed by atoms with Crippen LogP contribution in [0.1, 0.15) is 22.8 Å². The standard InChI is InChI=1S/C15H10Cl2F2O2/c1-2-21-14-7-12(16)11(6-13(14)17)15(20)8-3-9(18)5-10(19)4-8/h3-7H,2H2,1H3. The number of halogens is 4. The molecule has 0 aromatic heterocycles. The summed E-state index contributed by atoms with van der Waals surface area (Å²) in [5.74, 6) is -1.97. The van der Waals surface area contributed by atoms with Crippen LogP contribution in [-0.4, -0.2) is 12.4 Å². The predicted octanol–water partition coefficient (Wildman–Crippen LogP) is 4.90. The van der Waals surface area contributed by atoms with Crippen molar-refractivity contribution in [3.05, 3.63) is 63.1 Å². The zero-order valence-electron chi connectivity index (χ0n) is 10.9. The lowest BCUT2D eigenvalue weighted by Gasteiger charge is -2.10. The molecule has 0 fully saturated rings. The van der Waals surface area contributed by atoms with Crippen LogP contribution < -0.4 is 4.74 Å². The Kier molecular flexibility index (Phi) is 4.80. The van der Waals surface area contributed by atoms with Gasteiger partial charge in [-0.15, -0.1) is 0 Å². The van der Waals surface area contributed by atoms with Crippen molar-refractivity contribution in [2.45, 2.75) is 6.92 Å². The second-order valence-electron chi connectivity index (χ2n) is 4.18. The minimum Gasteiger partial charge on any atom is -0.492 e. The summed E-state index contributed by atoms with van der Waals surface area (Å²) >= 11 is 12.0. The number of carbonyl (C=O) groups is 1. The second kappa shape index (κ2) is 6.41. The Morgan fingerprint density at radius 1 is 1.05 bits per heavy atom. The van der Waals surface area contributed by atoms with E-state index in [1.54, 1.807) is 6.92 Å². The van der Waals surface area contributed by atoms with Gasteiger partial charge in [-0.1, -0.05) is 23.2 Å². The van der Waals surface area contributed by atoms with Crippen LogP contribution in [0.25, 0.3) is 0 Å². The van der Waals surface area contributed by atoms with Gasteiger partial charge in [-0.05, 0) is 25.1 Å². The van der Waals surface area contributed by atoms with E-state index in [0.717, 1.165) is 12.1 Å². The molecule has 0 aliphatic carbocycles. The fraction of sp³-hybridized carbons (Fsp3) is 0.133. The highest BCUT2D eigenvalue weighted by Crippen LogP contribution is 2.32. The van der Waals surface area contributed by atoms with E-state index >= 15 is 0 Å². The molecule has 0 N–H and O–H groups in total. The third kappa shape index (κ3) is 3.52. The molecule has 110 valence electrons. The van der Waals surface area contributed by atoms with Crippen LogP contribution in [0.2, 0.25) is 10.0 Å². The highest BCUT2D eigenvalue weighted by molar-refractivity contribution is 6.37. The molecule has 2 rings (SSSR count). The summed E-state index contributed by atoms with van der Waals surface area (Å²) in [5, 5.41) is 0.291. The molecule has 0 heterocycles. The van der Waals surface area contributed by atoms with E-state index in [4.69, 9.17) is 27.9 Å². The van der Waals surface area contributed by atoms with Gasteiger partial charge in [0, 0.05) is 23.3 Å². The molecule has 6 heteroatoms. The van der Waals surface area contributed by atoms with Gasteiger partial charge in [0.25, 0.3) is 0 Å². The number of rotatable bonds is 4. The van der Waals surface area contributed by atoms with Crippen LogP contribution in [0.5, 0.6) is 5.75 Å². The van der Waals surface area contributed by atoms with Crippen LogP contribution in [0.15, 0.2) is 30.3 Å². The SMILES string of the molecule is CCOc1cc(Cl)c(C(=O)c2cc(F)cc(F)c2)cc1Cl. The van der Waals surface area contributed by atoms with Crippen molar-refractivity contribution in [1.82, 2.24) is 0 Å². The van der Waals surface area contributed by atoms with Crippen molar-refractivity contribution < 1.29 is 18.3 Å². The lowest BCUT2D eigenvalue weighted by Crippen LogP contribution is -2.04. The first-order valence-electron chi connectivity index (χ1n) is 6.05. The zero-order valence-corrected chi connectivity index (χ0v) is 12.4. The summed E-state index contributed by atoms with van der Waals surface area (Å²) in [6.07, 6.45) is 0. The Morgan fingerprint density at radius 3 is 2.24 bits per heavy atom. The van der Waals surface area contributed by atoms with Gasteiger partial charge in [0.05, 0.1) is 16.7 Å². The van der Waals surface area contributed by atoms with Crippen LogP contribution >= 0.6 is 23.2 Å². The van der Waals surface area contributed by atoms with Gasteiger partial charge in [0.1, 0.15) is 17.4 Å². The summed E-state index contributed by atoms with van der Waals surface area (Å²) in [6, 6.07) is 5.28. The van der Waals surface area contributed by atoms with E-state index in [1.165, 1.54) is 12.1 Å². The molecule has 0 atom stereocenters. The molecule has 0 unspecified atom stereocenters. The molecule has 2 aromatic carbocycles. The molecule has 0 saturated heterocycles. The molecular formula is C15H10Cl2F2O2. The van der Waals surface area contributed by atoms with Crippen LogP contribution in [0.3, 0.4) is 0 Å². The monoisotopic (exact) mass is 330 g/mol. The van der Waals surface area contributed by atoms with Crippen molar-refractivity contribution in [3.8, 4) is 5.75 Å². The molecule has 0 saturated carbocycles. The quantitative estimate of drug-likeness (QED) is 0.745. The molecule has 0 aliphatic heterocycles. The number of ether oxygens (including phenoxy) is 1. The Labute approximate surface area is 130 Å². The largest absolute Gasteiger partial charge is 0.492 e. The third-order valence-electron chi connectivity index (χ3n) is 2.69. The summed E-state index contributed by atoms with van der Waals surface area (Å²) in [7, 11) is 0. The van der Waals surface area contributed by atoms with Crippen molar-refractivity contribution in [2.24, 2.45) is 0 Å². The summed E-state index contributed by atoms with van der Waals surface area (Å²) in [6.45, 7) is 2.16. The fourth-order valence-corrected chi connectivity index (χ4v) is 2.27. The number of ketones is 1. The first-order valence-corrected chi connectivity index (χ1v) is 6.80. The zero-order chi connectivity index (χ0) is 15.6.